The van der Waals surface area contributed by atoms with Crippen LogP contribution in [0.1, 0.15) is 5.56 Å². The van der Waals surface area contributed by atoms with Crippen LogP contribution in [0, 0.1) is 0 Å². The third kappa shape index (κ3) is 2.94. The van der Waals surface area contributed by atoms with Crippen molar-refractivity contribution in [2.45, 2.75) is 0 Å². The number of aliphatic imine (C=N–C) groups is 1. The first-order valence-corrected chi connectivity index (χ1v) is 3.70. The van der Waals surface area contributed by atoms with Crippen molar-refractivity contribution in [1.29, 1.82) is 0 Å². The number of rotatable bonds is 3. The zero-order valence-corrected chi connectivity index (χ0v) is 6.84. The van der Waals surface area contributed by atoms with Crippen LogP contribution in [0.25, 0.3) is 0 Å². The molecule has 0 saturated heterocycles. The van der Waals surface area contributed by atoms with Crippen LogP contribution in [0.4, 0.5) is 0 Å². The lowest BCUT2D eigenvalue weighted by molar-refractivity contribution is -0.135. The molecule has 4 nitrogen and oxygen atoms in total. The van der Waals surface area contributed by atoms with Gasteiger partial charge in [0.15, 0.2) is 0 Å². The lowest BCUT2D eigenvalue weighted by Gasteiger charge is -1.95. The average Bonchev–Trinajstić information content (AvgIpc) is 2.08. The van der Waals surface area contributed by atoms with Crippen LogP contribution < -0.4 is 0 Å². The maximum atomic E-state index is 10.1. The predicted molar refractivity (Wildman–Crippen MR) is 48.2 cm³/mol. The van der Waals surface area contributed by atoms with Gasteiger partial charge in [-0.05, 0) is 12.1 Å². The van der Waals surface area contributed by atoms with Gasteiger partial charge in [-0.2, -0.15) is 0 Å². The quantitative estimate of drug-likeness (QED) is 0.677. The van der Waals surface area contributed by atoms with Crippen molar-refractivity contribution < 1.29 is 15.0 Å². The second-order valence-electron chi connectivity index (χ2n) is 2.42. The smallest absolute Gasteiger partial charge is 0.325 e. The first kappa shape index (κ1) is 9.25. The molecule has 0 spiro atoms. The molecule has 0 saturated carbocycles. The highest BCUT2D eigenvalue weighted by molar-refractivity contribution is 5.84. The van der Waals surface area contributed by atoms with Crippen molar-refractivity contribution in [2.24, 2.45) is 4.99 Å². The molecule has 68 valence electrons. The van der Waals surface area contributed by atoms with Gasteiger partial charge < -0.3 is 10.2 Å². The minimum Gasteiger partial charge on any atom is -0.507 e. The van der Waals surface area contributed by atoms with E-state index in [0.717, 1.165) is 0 Å². The summed E-state index contributed by atoms with van der Waals surface area (Å²) < 4.78 is 0. The summed E-state index contributed by atoms with van der Waals surface area (Å²) in [5.41, 5.74) is 0.517. The van der Waals surface area contributed by atoms with Crippen LogP contribution in [0.3, 0.4) is 0 Å². The van der Waals surface area contributed by atoms with Crippen LogP contribution in [0.15, 0.2) is 29.3 Å². The Kier molecular flexibility index (Phi) is 3.03. The topological polar surface area (TPSA) is 69.9 Å². The number of aromatic hydroxyl groups is 1. The van der Waals surface area contributed by atoms with Crippen molar-refractivity contribution >= 4 is 12.2 Å². The summed E-state index contributed by atoms with van der Waals surface area (Å²) in [5, 5.41) is 17.5. The van der Waals surface area contributed by atoms with E-state index >= 15 is 0 Å². The van der Waals surface area contributed by atoms with E-state index in [-0.39, 0.29) is 12.3 Å². The van der Waals surface area contributed by atoms with E-state index < -0.39 is 5.97 Å². The van der Waals surface area contributed by atoms with Gasteiger partial charge in [0.2, 0.25) is 0 Å². The second-order valence-corrected chi connectivity index (χ2v) is 2.42. The summed E-state index contributed by atoms with van der Waals surface area (Å²) in [6.45, 7) is -0.283. The first-order valence-electron chi connectivity index (χ1n) is 3.70. The van der Waals surface area contributed by atoms with Crippen molar-refractivity contribution in [1.82, 2.24) is 0 Å². The number of carboxylic acids is 1. The Morgan fingerprint density at radius 1 is 1.46 bits per heavy atom. The first-order chi connectivity index (χ1) is 6.20. The second kappa shape index (κ2) is 4.25. The standard InChI is InChI=1S/C9H9NO3/c11-8-4-2-1-3-7(8)5-10-6-9(12)13/h1-5,11H,6H2,(H,12,13). The number of phenolic OH excluding ortho intramolecular Hbond substituents is 1. The molecular formula is C9H9NO3. The lowest BCUT2D eigenvalue weighted by Crippen LogP contribution is -1.99. The van der Waals surface area contributed by atoms with Gasteiger partial charge in [0.05, 0.1) is 0 Å². The van der Waals surface area contributed by atoms with Crippen molar-refractivity contribution in [3.63, 3.8) is 0 Å². The molecule has 0 radical (unpaired) electrons. The summed E-state index contributed by atoms with van der Waals surface area (Å²) in [7, 11) is 0. The summed E-state index contributed by atoms with van der Waals surface area (Å²) in [4.78, 5) is 13.7. The average molecular weight is 179 g/mol. The molecule has 0 aliphatic rings. The van der Waals surface area contributed by atoms with Crippen molar-refractivity contribution in [3.8, 4) is 5.75 Å². The lowest BCUT2D eigenvalue weighted by atomic mass is 10.2. The van der Waals surface area contributed by atoms with Gasteiger partial charge in [0.25, 0.3) is 0 Å². The molecule has 0 aliphatic carbocycles. The van der Waals surface area contributed by atoms with E-state index in [2.05, 4.69) is 4.99 Å². The Balaban J connectivity index is 2.68. The molecule has 0 amide bonds. The number of benzene rings is 1. The van der Waals surface area contributed by atoms with E-state index in [1.807, 2.05) is 0 Å². The number of phenols is 1. The van der Waals surface area contributed by atoms with Gasteiger partial charge in [-0.1, -0.05) is 12.1 Å². The third-order valence-corrected chi connectivity index (χ3v) is 1.39. The summed E-state index contributed by atoms with van der Waals surface area (Å²) in [6.07, 6.45) is 1.34. The molecule has 0 fully saturated rings. The molecule has 1 aromatic rings. The Morgan fingerprint density at radius 3 is 2.77 bits per heavy atom. The molecule has 0 bridgehead atoms. The fourth-order valence-corrected chi connectivity index (χ4v) is 0.819. The number of hydrogen-bond acceptors (Lipinski definition) is 3. The van der Waals surface area contributed by atoms with E-state index in [1.165, 1.54) is 12.3 Å². The van der Waals surface area contributed by atoms with Crippen LogP contribution >= 0.6 is 0 Å². The van der Waals surface area contributed by atoms with Gasteiger partial charge in [-0.25, -0.2) is 0 Å². The van der Waals surface area contributed by atoms with Crippen LogP contribution in [-0.4, -0.2) is 28.9 Å². The predicted octanol–water partition coefficient (Wildman–Crippen LogP) is 0.896. The van der Waals surface area contributed by atoms with E-state index in [1.54, 1.807) is 18.2 Å². The number of carboxylic acid groups (broad SMARTS) is 1. The number of carbonyl (C=O) groups is 1. The van der Waals surface area contributed by atoms with Crippen LogP contribution in [0.2, 0.25) is 0 Å². The normalized spacial score (nSPS) is 10.5. The molecule has 1 rings (SSSR count). The molecule has 13 heavy (non-hydrogen) atoms. The SMILES string of the molecule is O=C(O)CN=Cc1ccccc1O. The monoisotopic (exact) mass is 179 g/mol. The summed E-state index contributed by atoms with van der Waals surface area (Å²) in [5.74, 6) is -0.900. The molecule has 2 N–H and O–H groups in total. The van der Waals surface area contributed by atoms with Gasteiger partial charge in [-0.15, -0.1) is 0 Å². The van der Waals surface area contributed by atoms with Gasteiger partial charge in [-0.3, -0.25) is 9.79 Å². The number of nitrogens with zero attached hydrogens (tertiary/aromatic N) is 1. The minimum atomic E-state index is -0.994. The number of hydrogen-bond donors (Lipinski definition) is 2. The molecule has 0 aromatic heterocycles. The highest BCUT2D eigenvalue weighted by Gasteiger charge is 1.95. The molecule has 0 heterocycles. The van der Waals surface area contributed by atoms with Crippen molar-refractivity contribution in [3.05, 3.63) is 29.8 Å². The largest absolute Gasteiger partial charge is 0.507 e. The van der Waals surface area contributed by atoms with E-state index in [9.17, 15) is 9.90 Å². The molecule has 0 aliphatic heterocycles. The fraction of sp³-hybridized carbons (Fsp3) is 0.111. The van der Waals surface area contributed by atoms with Gasteiger partial charge in [0, 0.05) is 11.8 Å². The molecule has 1 aromatic carbocycles. The maximum absolute atomic E-state index is 10.1. The number of para-hydroxylation sites is 1. The number of aliphatic carboxylic acids is 1. The fourth-order valence-electron chi connectivity index (χ4n) is 0.819. The highest BCUT2D eigenvalue weighted by Crippen LogP contribution is 2.12. The minimum absolute atomic E-state index is 0.0941. The Morgan fingerprint density at radius 2 is 2.15 bits per heavy atom. The van der Waals surface area contributed by atoms with E-state index in [4.69, 9.17) is 5.11 Å². The van der Waals surface area contributed by atoms with E-state index in [0.29, 0.717) is 5.56 Å². The maximum Gasteiger partial charge on any atom is 0.325 e. The Bertz CT molecular complexity index is 333. The van der Waals surface area contributed by atoms with Crippen LogP contribution in [-0.2, 0) is 4.79 Å². The van der Waals surface area contributed by atoms with Gasteiger partial charge >= 0.3 is 5.97 Å². The Labute approximate surface area is 75.2 Å². The summed E-state index contributed by atoms with van der Waals surface area (Å²) in [6, 6.07) is 6.59. The third-order valence-electron chi connectivity index (χ3n) is 1.39. The van der Waals surface area contributed by atoms with Crippen LogP contribution in [0.5, 0.6) is 5.75 Å². The molecule has 0 unspecified atom stereocenters. The van der Waals surface area contributed by atoms with Crippen molar-refractivity contribution in [2.75, 3.05) is 6.54 Å². The zero-order chi connectivity index (χ0) is 9.68. The molecule has 4 heteroatoms. The highest BCUT2D eigenvalue weighted by atomic mass is 16.4. The summed E-state index contributed by atoms with van der Waals surface area (Å²) >= 11 is 0. The zero-order valence-electron chi connectivity index (χ0n) is 6.84. The molecular weight excluding hydrogens is 170 g/mol. The Hall–Kier alpha value is -1.84. The van der Waals surface area contributed by atoms with Gasteiger partial charge in [0.1, 0.15) is 12.3 Å². The molecule has 0 atom stereocenters.